The molecule has 13 heteroatoms. The lowest BCUT2D eigenvalue weighted by Gasteiger charge is -2.42. The molecule has 3 aliphatic heterocycles. The van der Waals surface area contributed by atoms with Crippen LogP contribution in [0.1, 0.15) is 106 Å². The molecule has 2 aliphatic carbocycles. The number of thiophene rings is 1. The van der Waals surface area contributed by atoms with Gasteiger partial charge in [0, 0.05) is 29.1 Å². The number of fused-ring (bicyclic) bond motifs is 6. The predicted molar refractivity (Wildman–Crippen MR) is 182 cm³/mol. The molecule has 2 fully saturated rings. The molecule has 0 aromatic carbocycles. The summed E-state index contributed by atoms with van der Waals surface area (Å²) in [6.45, 7) is 7.31. The second-order valence-electron chi connectivity index (χ2n) is 15.2. The highest BCUT2D eigenvalue weighted by Gasteiger charge is 2.49. The first-order valence-electron chi connectivity index (χ1n) is 17.6. The number of nitrogens with two attached hydrogens (primary N) is 1. The molecule has 9 rings (SSSR count). The van der Waals surface area contributed by atoms with E-state index in [0.29, 0.717) is 59.6 Å². The summed E-state index contributed by atoms with van der Waals surface area (Å²) >= 11 is 1.55. The maximum atomic E-state index is 11.3. The van der Waals surface area contributed by atoms with Gasteiger partial charge < -0.3 is 25.0 Å². The van der Waals surface area contributed by atoms with E-state index in [1.807, 2.05) is 11.6 Å². The minimum atomic E-state index is -0.858. The molecule has 6 atom stereocenters. The Morgan fingerprint density at radius 2 is 1.96 bits per heavy atom. The summed E-state index contributed by atoms with van der Waals surface area (Å²) in [7, 11) is 2.20. The number of nitriles is 1. The highest BCUT2D eigenvalue weighted by molar-refractivity contribution is 7.16. The van der Waals surface area contributed by atoms with E-state index in [1.165, 1.54) is 4.88 Å². The fraction of sp³-hybridized carbons (Fsp3) is 0.629. The average molecular weight is 670 g/mol. The van der Waals surface area contributed by atoms with E-state index < -0.39 is 11.0 Å². The highest BCUT2D eigenvalue weighted by Crippen LogP contribution is 2.55. The number of aryl methyl sites for hydroxylation is 1. The van der Waals surface area contributed by atoms with Gasteiger partial charge in [-0.05, 0) is 97.6 Å². The number of nitrogens with zero attached hydrogens (tertiary/aromatic N) is 8. The number of piperidine rings is 1. The number of nitrogen functional groups attached to an aromatic ring is 1. The van der Waals surface area contributed by atoms with Crippen LogP contribution in [0.2, 0.25) is 0 Å². The van der Waals surface area contributed by atoms with Crippen molar-refractivity contribution in [3.8, 4) is 23.5 Å². The summed E-state index contributed by atoms with van der Waals surface area (Å²) in [5.74, 6) is 2.62. The Morgan fingerprint density at radius 3 is 2.73 bits per heavy atom. The van der Waals surface area contributed by atoms with Gasteiger partial charge in [-0.15, -0.1) is 16.4 Å². The van der Waals surface area contributed by atoms with Gasteiger partial charge in [-0.3, -0.25) is 4.90 Å². The Labute approximate surface area is 283 Å². The minimum Gasteiger partial charge on any atom is -0.474 e. The number of likely N-dealkylation sites (tertiary alicyclic amines) is 1. The lowest BCUT2D eigenvalue weighted by molar-refractivity contribution is 0.0321. The summed E-state index contributed by atoms with van der Waals surface area (Å²) in [5, 5.41) is 32.7. The fourth-order valence-electron chi connectivity index (χ4n) is 9.60. The molecular weight excluding hydrogens is 627 g/mol. The number of likely N-dealkylation sites (N-methyl/N-ethyl adjacent to an activating group) is 1. The van der Waals surface area contributed by atoms with Gasteiger partial charge in [0.25, 0.3) is 0 Å². The zero-order valence-electron chi connectivity index (χ0n) is 28.1. The predicted octanol–water partition coefficient (Wildman–Crippen LogP) is 5.11. The van der Waals surface area contributed by atoms with Crippen LogP contribution >= 0.6 is 11.3 Å². The van der Waals surface area contributed by atoms with Crippen molar-refractivity contribution in [2.24, 2.45) is 0 Å². The van der Waals surface area contributed by atoms with Crippen LogP contribution in [0.15, 0.2) is 4.52 Å². The number of hydrogen-bond acceptors (Lipinski definition) is 12. The Kier molecular flexibility index (Phi) is 6.72. The lowest BCUT2D eigenvalue weighted by Crippen LogP contribution is -2.53. The van der Waals surface area contributed by atoms with E-state index in [4.69, 9.17) is 35.2 Å². The molecule has 1 spiro atoms. The molecule has 2 saturated heterocycles. The quantitative estimate of drug-likeness (QED) is 0.299. The third kappa shape index (κ3) is 4.24. The third-order valence-corrected chi connectivity index (χ3v) is 13.3. The number of aliphatic hydroxyl groups is 1. The number of rotatable bonds is 3. The standard InChI is InChI=1S/C35H43N9O3S/c1-18-9-10-23(42(18)4)19(2)44-32-25-31(43-17-34(3,45)14-11-20(43)16-46-33(25)40-44)38-30(39-32)27-21-7-5-12-35(28(21)47-41-27)13-6-8-24-26(35)22(15-36)29(37)48-24/h18-20,23,45H,5-14,16-17,37H2,1-4H3. The summed E-state index contributed by atoms with van der Waals surface area (Å²) in [4.78, 5) is 16.4. The van der Waals surface area contributed by atoms with Gasteiger partial charge >= 0.3 is 0 Å². The Morgan fingerprint density at radius 1 is 1.15 bits per heavy atom. The molecule has 0 amide bonds. The lowest BCUT2D eigenvalue weighted by atomic mass is 9.63. The SMILES string of the molecule is CC1CCC(C(C)n2nc3c4c(nc(-c5noc6c5CCCC65CCCc6sc(N)c(C#N)c65)nc42)N2CC(C)(O)CCC2CO3)N1C. The van der Waals surface area contributed by atoms with Crippen molar-refractivity contribution < 1.29 is 14.4 Å². The van der Waals surface area contributed by atoms with Gasteiger partial charge in [-0.1, -0.05) is 5.16 Å². The van der Waals surface area contributed by atoms with Crippen LogP contribution in [0.3, 0.4) is 0 Å². The Bertz CT molecular complexity index is 1990. The van der Waals surface area contributed by atoms with Crippen molar-refractivity contribution in [2.45, 2.75) is 120 Å². The van der Waals surface area contributed by atoms with E-state index >= 15 is 0 Å². The van der Waals surface area contributed by atoms with Crippen molar-refractivity contribution >= 4 is 33.2 Å². The van der Waals surface area contributed by atoms with Gasteiger partial charge in [-0.25, -0.2) is 14.6 Å². The molecule has 4 aromatic heterocycles. The first-order valence-corrected chi connectivity index (χ1v) is 18.4. The third-order valence-electron chi connectivity index (χ3n) is 12.3. The Hall–Kier alpha value is -3.73. The van der Waals surface area contributed by atoms with Crippen LogP contribution in [0.25, 0.3) is 22.6 Å². The molecule has 48 heavy (non-hydrogen) atoms. The monoisotopic (exact) mass is 669 g/mol. The van der Waals surface area contributed by atoms with E-state index in [0.717, 1.165) is 91.5 Å². The second kappa shape index (κ2) is 10.6. The van der Waals surface area contributed by atoms with Crippen molar-refractivity contribution in [1.29, 1.82) is 5.26 Å². The summed E-state index contributed by atoms with van der Waals surface area (Å²) in [5.41, 5.74) is 9.14. The number of anilines is 2. The van der Waals surface area contributed by atoms with Crippen LogP contribution in [0.4, 0.5) is 10.8 Å². The molecule has 0 radical (unpaired) electrons. The highest BCUT2D eigenvalue weighted by atomic mass is 32.1. The van der Waals surface area contributed by atoms with Crippen molar-refractivity contribution in [3.63, 3.8) is 0 Å². The number of hydrogen-bond donors (Lipinski definition) is 2. The van der Waals surface area contributed by atoms with E-state index in [-0.39, 0.29) is 12.1 Å². The zero-order chi connectivity index (χ0) is 33.1. The van der Waals surface area contributed by atoms with Crippen LogP contribution < -0.4 is 15.4 Å². The smallest absolute Gasteiger partial charge is 0.246 e. The normalized spacial score (nSPS) is 30.4. The molecule has 4 aromatic rings. The fourth-order valence-corrected chi connectivity index (χ4v) is 10.8. The van der Waals surface area contributed by atoms with Gasteiger partial charge in [0.2, 0.25) is 5.88 Å². The maximum absolute atomic E-state index is 11.3. The largest absolute Gasteiger partial charge is 0.474 e. The topological polar surface area (TPSA) is 155 Å². The summed E-state index contributed by atoms with van der Waals surface area (Å²) < 4.78 is 14.8. The van der Waals surface area contributed by atoms with E-state index in [9.17, 15) is 10.4 Å². The van der Waals surface area contributed by atoms with Gasteiger partial charge in [0.15, 0.2) is 22.9 Å². The molecule has 0 saturated carbocycles. The molecule has 6 unspecified atom stereocenters. The second-order valence-corrected chi connectivity index (χ2v) is 16.4. The van der Waals surface area contributed by atoms with Gasteiger partial charge in [0.05, 0.1) is 28.7 Å². The number of ether oxygens (including phenoxy) is 1. The minimum absolute atomic E-state index is 0.0405. The molecule has 5 aliphatic rings. The molecular formula is C35H43N9O3S. The van der Waals surface area contributed by atoms with Crippen LogP contribution in [-0.2, 0) is 18.3 Å². The molecule has 252 valence electrons. The van der Waals surface area contributed by atoms with Crippen LogP contribution in [-0.4, -0.2) is 78.8 Å². The maximum Gasteiger partial charge on any atom is 0.246 e. The van der Waals surface area contributed by atoms with Crippen LogP contribution in [0, 0.1) is 11.3 Å². The summed E-state index contributed by atoms with van der Waals surface area (Å²) in [6, 6.07) is 3.32. The summed E-state index contributed by atoms with van der Waals surface area (Å²) in [6.07, 6.45) is 9.14. The van der Waals surface area contributed by atoms with Crippen molar-refractivity contribution in [3.05, 3.63) is 27.3 Å². The number of aromatic nitrogens is 5. The Balaban J connectivity index is 1.24. The van der Waals surface area contributed by atoms with Crippen molar-refractivity contribution in [2.75, 3.05) is 30.8 Å². The zero-order valence-corrected chi connectivity index (χ0v) is 28.9. The van der Waals surface area contributed by atoms with Crippen molar-refractivity contribution in [1.82, 2.24) is 29.8 Å². The molecule has 7 heterocycles. The van der Waals surface area contributed by atoms with Crippen LogP contribution in [0.5, 0.6) is 5.88 Å². The first-order chi connectivity index (χ1) is 23.1. The first kappa shape index (κ1) is 30.3. The van der Waals surface area contributed by atoms with Gasteiger partial charge in [-0.2, -0.15) is 5.26 Å². The molecule has 12 nitrogen and oxygen atoms in total. The van der Waals surface area contributed by atoms with Gasteiger partial charge in [0.1, 0.15) is 28.9 Å². The molecule has 0 bridgehead atoms. The molecule has 3 N–H and O–H groups in total. The van der Waals surface area contributed by atoms with E-state index in [1.54, 1.807) is 11.3 Å². The average Bonchev–Trinajstić information content (AvgIpc) is 3.81. The van der Waals surface area contributed by atoms with E-state index in [2.05, 4.69) is 36.8 Å².